The lowest BCUT2D eigenvalue weighted by Gasteiger charge is -2.15. The number of unbranched alkanes of at least 4 members (excludes halogenated alkanes) is 2. The van der Waals surface area contributed by atoms with E-state index in [1.54, 1.807) is 6.92 Å². The highest BCUT2D eigenvalue weighted by Crippen LogP contribution is 2.33. The molecule has 3 unspecified atom stereocenters. The molecule has 37 heavy (non-hydrogen) atoms. The van der Waals surface area contributed by atoms with E-state index in [9.17, 15) is 13.0 Å². The zero-order valence-corrected chi connectivity index (χ0v) is 24.6. The van der Waals surface area contributed by atoms with Gasteiger partial charge in [0.15, 0.2) is 0 Å². The third kappa shape index (κ3) is 7.83. The summed E-state index contributed by atoms with van der Waals surface area (Å²) in [6.07, 6.45) is 12.6. The third-order valence-electron chi connectivity index (χ3n) is 8.40. The maximum Gasteiger partial charge on any atom is 0.267 e. The highest BCUT2D eigenvalue weighted by Gasteiger charge is 2.20. The summed E-state index contributed by atoms with van der Waals surface area (Å²) < 4.78 is 35.1. The Labute approximate surface area is 225 Å². The molecule has 1 N–H and O–H groups in total. The summed E-state index contributed by atoms with van der Waals surface area (Å²) in [5.74, 6) is 1.42. The molecule has 0 amide bonds. The average molecular weight is 528 g/mol. The maximum atomic E-state index is 11.7. The van der Waals surface area contributed by atoms with Crippen LogP contribution in [0.2, 0.25) is 0 Å². The zero-order chi connectivity index (χ0) is 27.0. The Bertz CT molecular complexity index is 1170. The molecule has 0 fully saturated rings. The maximum absolute atomic E-state index is 11.7. The van der Waals surface area contributed by atoms with Crippen LogP contribution in [0.5, 0.6) is 0 Å². The van der Waals surface area contributed by atoms with Crippen LogP contribution in [0.3, 0.4) is 0 Å². The van der Waals surface area contributed by atoms with Gasteiger partial charge in [-0.15, -0.1) is 0 Å². The second-order valence-electron chi connectivity index (χ2n) is 11.2. The van der Waals surface area contributed by atoms with Gasteiger partial charge in [-0.3, -0.25) is 4.55 Å². The Morgan fingerprint density at radius 1 is 0.757 bits per heavy atom. The first-order chi connectivity index (χ1) is 17.7. The number of hydrogen-bond donors (Lipinski definition) is 1. The fourth-order valence-electron chi connectivity index (χ4n) is 5.71. The minimum atomic E-state index is -4.04. The van der Waals surface area contributed by atoms with Gasteiger partial charge in [0.05, 0.1) is 5.25 Å². The van der Waals surface area contributed by atoms with Crippen LogP contribution in [-0.2, 0) is 29.5 Å². The molecule has 1 heterocycles. The van der Waals surface area contributed by atoms with Crippen molar-refractivity contribution < 1.29 is 13.0 Å². The molecule has 206 valence electrons. The second-order valence-corrected chi connectivity index (χ2v) is 13.0. The molecule has 0 saturated carbocycles. The van der Waals surface area contributed by atoms with Crippen molar-refractivity contribution in [1.29, 1.82) is 0 Å². The summed E-state index contributed by atoms with van der Waals surface area (Å²) >= 11 is 0. The molecule has 0 aliphatic heterocycles. The molecule has 0 aliphatic rings. The predicted molar refractivity (Wildman–Crippen MR) is 159 cm³/mol. The summed E-state index contributed by atoms with van der Waals surface area (Å²) in [5.41, 5.74) is 5.08. The number of fused-ring (bicyclic) bond motifs is 3. The van der Waals surface area contributed by atoms with Crippen LogP contribution in [-0.4, -0.2) is 22.8 Å². The summed E-state index contributed by atoms with van der Waals surface area (Å²) in [5, 5.41) is 1.74. The van der Waals surface area contributed by atoms with Crippen LogP contribution in [0.15, 0.2) is 36.4 Å². The molecule has 3 rings (SSSR count). The molecule has 0 aliphatic carbocycles. The lowest BCUT2D eigenvalue weighted by atomic mass is 9.90. The number of hydrogen-bond acceptors (Lipinski definition) is 2. The van der Waals surface area contributed by atoms with Crippen LogP contribution in [0.25, 0.3) is 21.8 Å². The first kappa shape index (κ1) is 29.7. The van der Waals surface area contributed by atoms with Crippen LogP contribution < -0.4 is 0 Å². The van der Waals surface area contributed by atoms with E-state index < -0.39 is 15.4 Å². The van der Waals surface area contributed by atoms with Gasteiger partial charge in [-0.1, -0.05) is 91.2 Å². The van der Waals surface area contributed by atoms with Crippen molar-refractivity contribution in [1.82, 2.24) is 4.57 Å². The summed E-state index contributed by atoms with van der Waals surface area (Å²) in [6, 6.07) is 13.7. The number of aryl methyl sites for hydroxylation is 1. The standard InChI is InChI=1S/C32H49NO3S/c1-6-10-12-25(8-3)20-27-14-16-31-29(22-27)30-23-28(21-26(9-4)13-11-7-2)15-17-32(30)33(31)19-18-24(5)37(34,35)36/h14-17,22-26H,6-13,18-21H2,1-5H3,(H,34,35,36). The van der Waals surface area contributed by atoms with Crippen molar-refractivity contribution >= 4 is 31.9 Å². The number of nitrogens with zero attached hydrogens (tertiary/aromatic N) is 1. The number of aromatic nitrogens is 1. The van der Waals surface area contributed by atoms with Gasteiger partial charge in [-0.2, -0.15) is 8.42 Å². The summed E-state index contributed by atoms with van der Waals surface area (Å²) in [4.78, 5) is 0. The van der Waals surface area contributed by atoms with Crippen molar-refractivity contribution in [3.63, 3.8) is 0 Å². The van der Waals surface area contributed by atoms with Gasteiger partial charge < -0.3 is 4.57 Å². The van der Waals surface area contributed by atoms with E-state index in [1.807, 2.05) is 0 Å². The fourth-order valence-corrected chi connectivity index (χ4v) is 6.11. The highest BCUT2D eigenvalue weighted by molar-refractivity contribution is 7.86. The Balaban J connectivity index is 2.02. The van der Waals surface area contributed by atoms with E-state index in [0.29, 0.717) is 24.8 Å². The Hall–Kier alpha value is -1.85. The first-order valence-corrected chi connectivity index (χ1v) is 16.2. The van der Waals surface area contributed by atoms with Crippen molar-refractivity contribution in [3.8, 4) is 0 Å². The zero-order valence-electron chi connectivity index (χ0n) is 23.8. The average Bonchev–Trinajstić information content (AvgIpc) is 3.18. The van der Waals surface area contributed by atoms with E-state index in [1.165, 1.54) is 73.3 Å². The first-order valence-electron chi connectivity index (χ1n) is 14.7. The molecule has 0 saturated heterocycles. The van der Waals surface area contributed by atoms with Crippen LogP contribution in [0.4, 0.5) is 0 Å². The minimum absolute atomic E-state index is 0.380. The summed E-state index contributed by atoms with van der Waals surface area (Å²) in [6.45, 7) is 11.3. The van der Waals surface area contributed by atoms with Crippen LogP contribution in [0.1, 0.15) is 104 Å². The largest absolute Gasteiger partial charge is 0.340 e. The van der Waals surface area contributed by atoms with Gasteiger partial charge in [-0.05, 0) is 73.4 Å². The van der Waals surface area contributed by atoms with Gasteiger partial charge in [0.1, 0.15) is 0 Å². The minimum Gasteiger partial charge on any atom is -0.340 e. The Morgan fingerprint density at radius 2 is 1.22 bits per heavy atom. The monoisotopic (exact) mass is 527 g/mol. The smallest absolute Gasteiger partial charge is 0.267 e. The number of benzene rings is 2. The van der Waals surface area contributed by atoms with Crippen LogP contribution >= 0.6 is 0 Å². The van der Waals surface area contributed by atoms with Crippen molar-refractivity contribution in [2.75, 3.05) is 0 Å². The van der Waals surface area contributed by atoms with Crippen molar-refractivity contribution in [3.05, 3.63) is 47.5 Å². The molecule has 2 aromatic carbocycles. The SMILES string of the molecule is CCCCC(CC)Cc1ccc2c(c1)c1cc(CC(CC)CCCC)ccc1n2CCC(C)S(=O)(=O)O. The van der Waals surface area contributed by atoms with E-state index in [0.717, 1.165) is 23.9 Å². The number of rotatable bonds is 16. The normalized spacial score (nSPS) is 14.9. The van der Waals surface area contributed by atoms with Crippen molar-refractivity contribution in [2.45, 2.75) is 117 Å². The molecule has 0 bridgehead atoms. The van der Waals surface area contributed by atoms with Gasteiger partial charge >= 0.3 is 0 Å². The van der Waals surface area contributed by atoms with E-state index >= 15 is 0 Å². The van der Waals surface area contributed by atoms with Gasteiger partial charge in [0, 0.05) is 28.4 Å². The lowest BCUT2D eigenvalue weighted by molar-refractivity contribution is 0.449. The Morgan fingerprint density at radius 3 is 1.59 bits per heavy atom. The van der Waals surface area contributed by atoms with Crippen LogP contribution in [0, 0.1) is 11.8 Å². The molecule has 3 atom stereocenters. The third-order valence-corrected chi connectivity index (χ3v) is 9.65. The molecular weight excluding hydrogens is 478 g/mol. The summed E-state index contributed by atoms with van der Waals surface area (Å²) in [7, 11) is -4.04. The topological polar surface area (TPSA) is 59.3 Å². The van der Waals surface area contributed by atoms with E-state index in [2.05, 4.69) is 68.7 Å². The molecular formula is C32H49NO3S. The lowest BCUT2D eigenvalue weighted by Crippen LogP contribution is -2.18. The molecule has 3 aromatic rings. The molecule has 4 nitrogen and oxygen atoms in total. The van der Waals surface area contributed by atoms with E-state index in [4.69, 9.17) is 0 Å². The molecule has 0 radical (unpaired) electrons. The van der Waals surface area contributed by atoms with Gasteiger partial charge in [0.25, 0.3) is 10.1 Å². The molecule has 0 spiro atoms. The van der Waals surface area contributed by atoms with Gasteiger partial charge in [0.2, 0.25) is 0 Å². The van der Waals surface area contributed by atoms with E-state index in [-0.39, 0.29) is 0 Å². The molecule has 1 aromatic heterocycles. The fraction of sp³-hybridized carbons (Fsp3) is 0.625. The Kier molecular flexibility index (Phi) is 11.1. The quantitative estimate of drug-likeness (QED) is 0.189. The predicted octanol–water partition coefficient (Wildman–Crippen LogP) is 8.98. The van der Waals surface area contributed by atoms with Crippen molar-refractivity contribution in [2.24, 2.45) is 11.8 Å². The highest BCUT2D eigenvalue weighted by atomic mass is 32.2. The van der Waals surface area contributed by atoms with Gasteiger partial charge in [-0.25, -0.2) is 0 Å². The molecule has 5 heteroatoms. The second kappa shape index (κ2) is 13.8.